The number of benzene rings is 2. The molecule has 1 heterocycles. The summed E-state index contributed by atoms with van der Waals surface area (Å²) in [7, 11) is 1.67. The lowest BCUT2D eigenvalue weighted by molar-refractivity contribution is -0.126. The number of carbonyl (C=O) groups excluding carboxylic acids is 2. The van der Waals surface area contributed by atoms with E-state index >= 15 is 0 Å². The number of carbonyl (C=O) groups is 2. The molecule has 32 heavy (non-hydrogen) atoms. The van der Waals surface area contributed by atoms with Crippen LogP contribution < -0.4 is 10.1 Å². The van der Waals surface area contributed by atoms with Crippen molar-refractivity contribution in [3.8, 4) is 5.75 Å². The van der Waals surface area contributed by atoms with E-state index < -0.39 is 5.54 Å². The minimum atomic E-state index is -0.408. The number of methoxy groups -OCH3 is 1. The molecule has 5 heteroatoms. The summed E-state index contributed by atoms with van der Waals surface area (Å²) in [4.78, 5) is 29.3. The Morgan fingerprint density at radius 1 is 1.12 bits per heavy atom. The lowest BCUT2D eigenvalue weighted by atomic mass is 9.71. The van der Waals surface area contributed by atoms with Crippen LogP contribution in [0.5, 0.6) is 5.75 Å². The van der Waals surface area contributed by atoms with E-state index in [1.54, 1.807) is 7.11 Å². The molecule has 1 aliphatic heterocycles. The third-order valence-electron chi connectivity index (χ3n) is 7.18. The van der Waals surface area contributed by atoms with Gasteiger partial charge in [0.2, 0.25) is 5.91 Å². The number of para-hydroxylation sites is 1. The second-order valence-corrected chi connectivity index (χ2v) is 8.99. The van der Waals surface area contributed by atoms with Crippen LogP contribution in [0.1, 0.15) is 72.9 Å². The molecule has 2 aromatic rings. The van der Waals surface area contributed by atoms with Gasteiger partial charge in [-0.15, -0.1) is 0 Å². The smallest absolute Gasteiger partial charge is 0.254 e. The maximum absolute atomic E-state index is 13.7. The Morgan fingerprint density at radius 2 is 1.84 bits per heavy atom. The highest BCUT2D eigenvalue weighted by atomic mass is 16.5. The molecular weight excluding hydrogens is 400 g/mol. The summed E-state index contributed by atoms with van der Waals surface area (Å²) in [6.45, 7) is 3.40. The van der Waals surface area contributed by atoms with Gasteiger partial charge in [0.15, 0.2) is 0 Å². The molecule has 1 atom stereocenters. The summed E-state index contributed by atoms with van der Waals surface area (Å²) < 4.78 is 5.45. The van der Waals surface area contributed by atoms with E-state index in [0.717, 1.165) is 55.4 Å². The van der Waals surface area contributed by atoms with Gasteiger partial charge in [-0.25, -0.2) is 0 Å². The molecule has 5 nitrogen and oxygen atoms in total. The highest BCUT2D eigenvalue weighted by molar-refractivity contribution is 6.02. The van der Waals surface area contributed by atoms with E-state index in [-0.39, 0.29) is 17.7 Å². The quantitative estimate of drug-likeness (QED) is 0.655. The molecule has 1 fully saturated rings. The molecule has 0 saturated heterocycles. The number of ether oxygens (including phenoxy) is 1. The Kier molecular flexibility index (Phi) is 6.83. The van der Waals surface area contributed by atoms with Gasteiger partial charge in [-0.3, -0.25) is 9.59 Å². The number of nitrogens with one attached hydrogen (secondary N) is 1. The molecular formula is C27H34N2O3. The standard InChI is InChI=1S/C27H34N2O3/c1-3-4-19-29-26(31)22-13-7-6-12-21(22)24(27(29)16-9-10-17-27)25(30)28-18-15-20-11-5-8-14-23(20)32-2/h5-8,11-14,24H,3-4,9-10,15-19H2,1-2H3,(H,28,30)/t24-/m1/s1. The summed E-state index contributed by atoms with van der Waals surface area (Å²) in [5, 5.41) is 3.20. The van der Waals surface area contributed by atoms with Crippen molar-refractivity contribution in [2.24, 2.45) is 0 Å². The van der Waals surface area contributed by atoms with Gasteiger partial charge < -0.3 is 15.0 Å². The summed E-state index contributed by atoms with van der Waals surface area (Å²) in [5.74, 6) is 0.638. The van der Waals surface area contributed by atoms with Gasteiger partial charge in [0, 0.05) is 18.7 Å². The molecule has 1 saturated carbocycles. The van der Waals surface area contributed by atoms with Gasteiger partial charge in [0.1, 0.15) is 5.75 Å². The first-order valence-corrected chi connectivity index (χ1v) is 11.9. The van der Waals surface area contributed by atoms with Crippen LogP contribution in [-0.4, -0.2) is 42.5 Å². The van der Waals surface area contributed by atoms with Crippen molar-refractivity contribution in [2.75, 3.05) is 20.2 Å². The number of rotatable bonds is 8. The van der Waals surface area contributed by atoms with Gasteiger partial charge >= 0.3 is 0 Å². The fourth-order valence-electron chi connectivity index (χ4n) is 5.64. The Labute approximate surface area is 191 Å². The highest BCUT2D eigenvalue weighted by Crippen LogP contribution is 2.50. The maximum atomic E-state index is 13.7. The molecule has 2 aromatic carbocycles. The largest absolute Gasteiger partial charge is 0.496 e. The van der Waals surface area contributed by atoms with Crippen molar-refractivity contribution in [3.05, 3.63) is 65.2 Å². The van der Waals surface area contributed by atoms with E-state index in [4.69, 9.17) is 4.74 Å². The zero-order valence-electron chi connectivity index (χ0n) is 19.2. The van der Waals surface area contributed by atoms with Gasteiger partial charge in [-0.05, 0) is 48.9 Å². The van der Waals surface area contributed by atoms with Crippen LogP contribution >= 0.6 is 0 Å². The highest BCUT2D eigenvalue weighted by Gasteiger charge is 2.55. The van der Waals surface area contributed by atoms with Gasteiger partial charge in [0.25, 0.3) is 5.91 Å². The second kappa shape index (κ2) is 9.76. The molecule has 4 rings (SSSR count). The van der Waals surface area contributed by atoms with E-state index in [2.05, 4.69) is 17.1 Å². The average Bonchev–Trinajstić information content (AvgIpc) is 3.29. The van der Waals surface area contributed by atoms with Crippen molar-refractivity contribution in [1.82, 2.24) is 10.2 Å². The van der Waals surface area contributed by atoms with Crippen LogP contribution in [0, 0.1) is 0 Å². The van der Waals surface area contributed by atoms with Crippen LogP contribution in [0.3, 0.4) is 0 Å². The molecule has 1 N–H and O–H groups in total. The zero-order chi connectivity index (χ0) is 22.6. The maximum Gasteiger partial charge on any atom is 0.254 e. The Balaban J connectivity index is 1.61. The van der Waals surface area contributed by atoms with Crippen molar-refractivity contribution >= 4 is 11.8 Å². The average molecular weight is 435 g/mol. The van der Waals surface area contributed by atoms with Crippen LogP contribution in [0.25, 0.3) is 0 Å². The van der Waals surface area contributed by atoms with Crippen molar-refractivity contribution < 1.29 is 14.3 Å². The van der Waals surface area contributed by atoms with E-state index in [0.29, 0.717) is 25.1 Å². The number of nitrogens with zero attached hydrogens (tertiary/aromatic N) is 1. The predicted octanol–water partition coefficient (Wildman–Crippen LogP) is 4.71. The SMILES string of the molecule is CCCCN1C(=O)c2ccccc2[C@H](C(=O)NCCc2ccccc2OC)C12CCCC2. The van der Waals surface area contributed by atoms with Gasteiger partial charge in [-0.2, -0.15) is 0 Å². The fourth-order valence-corrected chi connectivity index (χ4v) is 5.64. The van der Waals surface area contributed by atoms with Crippen molar-refractivity contribution in [1.29, 1.82) is 0 Å². The molecule has 0 radical (unpaired) electrons. The predicted molar refractivity (Wildman–Crippen MR) is 126 cm³/mol. The summed E-state index contributed by atoms with van der Waals surface area (Å²) in [5.41, 5.74) is 2.25. The molecule has 0 unspecified atom stereocenters. The topological polar surface area (TPSA) is 58.6 Å². The molecule has 1 spiro atoms. The van der Waals surface area contributed by atoms with Crippen LogP contribution in [0.2, 0.25) is 0 Å². The normalized spacial score (nSPS) is 19.1. The first-order chi connectivity index (χ1) is 15.6. The molecule has 2 aliphatic rings. The summed E-state index contributed by atoms with van der Waals surface area (Å²) >= 11 is 0. The first kappa shape index (κ1) is 22.4. The zero-order valence-corrected chi connectivity index (χ0v) is 19.2. The van der Waals surface area contributed by atoms with Crippen LogP contribution in [0.15, 0.2) is 48.5 Å². The Hall–Kier alpha value is -2.82. The van der Waals surface area contributed by atoms with Gasteiger partial charge in [-0.1, -0.05) is 62.6 Å². The number of fused-ring (bicyclic) bond motifs is 1. The Bertz CT molecular complexity index is 965. The number of hydrogen-bond donors (Lipinski definition) is 1. The number of hydrogen-bond acceptors (Lipinski definition) is 3. The van der Waals surface area contributed by atoms with Gasteiger partial charge in [0.05, 0.1) is 18.6 Å². The molecule has 1 aliphatic carbocycles. The van der Waals surface area contributed by atoms with E-state index in [1.807, 2.05) is 48.5 Å². The van der Waals surface area contributed by atoms with Crippen molar-refractivity contribution in [3.63, 3.8) is 0 Å². The fraction of sp³-hybridized carbons (Fsp3) is 0.481. The summed E-state index contributed by atoms with van der Waals surface area (Å²) in [6, 6.07) is 15.6. The first-order valence-electron chi connectivity index (χ1n) is 11.9. The third kappa shape index (κ3) is 4.01. The molecule has 2 amide bonds. The molecule has 0 aromatic heterocycles. The molecule has 0 bridgehead atoms. The summed E-state index contributed by atoms with van der Waals surface area (Å²) in [6.07, 6.45) is 6.58. The molecule has 170 valence electrons. The number of unbranched alkanes of at least 4 members (excludes halogenated alkanes) is 1. The minimum absolute atomic E-state index is 0.0308. The third-order valence-corrected chi connectivity index (χ3v) is 7.18. The monoisotopic (exact) mass is 434 g/mol. The van der Waals surface area contributed by atoms with Crippen LogP contribution in [0.4, 0.5) is 0 Å². The number of amides is 2. The van der Waals surface area contributed by atoms with Crippen LogP contribution in [-0.2, 0) is 11.2 Å². The minimum Gasteiger partial charge on any atom is -0.496 e. The van der Waals surface area contributed by atoms with Crippen molar-refractivity contribution in [2.45, 2.75) is 63.3 Å². The van der Waals surface area contributed by atoms with E-state index in [9.17, 15) is 9.59 Å². The van der Waals surface area contributed by atoms with E-state index in [1.165, 1.54) is 0 Å². The lowest BCUT2D eigenvalue weighted by Gasteiger charge is -2.50. The second-order valence-electron chi connectivity index (χ2n) is 8.99. The Morgan fingerprint density at radius 3 is 2.59 bits per heavy atom. The lowest BCUT2D eigenvalue weighted by Crippen LogP contribution is -2.60.